The number of aryl methyl sites for hydroxylation is 1. The average Bonchev–Trinajstić information content (AvgIpc) is 2.40. The van der Waals surface area contributed by atoms with Gasteiger partial charge in [-0.15, -0.1) is 0 Å². The van der Waals surface area contributed by atoms with Crippen molar-refractivity contribution in [1.82, 2.24) is 0 Å². The molecular weight excluding hydrogens is 232 g/mol. The van der Waals surface area contributed by atoms with Crippen LogP contribution in [0.2, 0.25) is 0 Å². The Morgan fingerprint density at radius 1 is 1.38 bits per heavy atom. The van der Waals surface area contributed by atoms with E-state index in [0.29, 0.717) is 10.1 Å². The molecule has 0 atom stereocenters. The van der Waals surface area contributed by atoms with Crippen LogP contribution in [0.25, 0.3) is 11.0 Å². The highest BCUT2D eigenvalue weighted by Crippen LogP contribution is 2.16. The summed E-state index contributed by atoms with van der Waals surface area (Å²) >= 11 is 3.18. The van der Waals surface area contributed by atoms with Gasteiger partial charge in [-0.3, -0.25) is 4.79 Å². The van der Waals surface area contributed by atoms with Crippen molar-refractivity contribution in [2.75, 3.05) is 0 Å². The molecule has 0 amide bonds. The summed E-state index contributed by atoms with van der Waals surface area (Å²) in [5.41, 5.74) is 0.308. The van der Waals surface area contributed by atoms with E-state index in [4.69, 9.17) is 4.42 Å². The summed E-state index contributed by atoms with van der Waals surface area (Å²) < 4.78 is 5.82. The fourth-order valence-electron chi connectivity index (χ4n) is 1.26. The third kappa shape index (κ3) is 1.40. The molecule has 0 bridgehead atoms. The van der Waals surface area contributed by atoms with Crippen LogP contribution in [0.5, 0.6) is 0 Å². The summed E-state index contributed by atoms with van der Waals surface area (Å²) in [5, 5.41) is 0.841. The second kappa shape index (κ2) is 3.00. The van der Waals surface area contributed by atoms with Crippen molar-refractivity contribution >= 4 is 26.9 Å². The second-order valence-corrected chi connectivity index (χ2v) is 3.70. The van der Waals surface area contributed by atoms with Crippen molar-refractivity contribution in [3.05, 3.63) is 44.7 Å². The van der Waals surface area contributed by atoms with Crippen LogP contribution >= 0.6 is 15.9 Å². The van der Waals surface area contributed by atoms with Crippen LogP contribution in [0.4, 0.5) is 0 Å². The topological polar surface area (TPSA) is 30.2 Å². The molecule has 3 heteroatoms. The number of fused-ring (bicyclic) bond motifs is 1. The average molecular weight is 239 g/mol. The lowest BCUT2D eigenvalue weighted by molar-refractivity contribution is 0.576. The van der Waals surface area contributed by atoms with Crippen molar-refractivity contribution in [2.24, 2.45) is 0 Å². The third-order valence-electron chi connectivity index (χ3n) is 1.83. The lowest BCUT2D eigenvalue weighted by atomic mass is 10.3. The zero-order valence-corrected chi connectivity index (χ0v) is 8.59. The molecule has 0 radical (unpaired) electrons. The zero-order chi connectivity index (χ0) is 9.42. The van der Waals surface area contributed by atoms with E-state index in [1.165, 1.54) is 0 Å². The van der Waals surface area contributed by atoms with E-state index in [9.17, 15) is 4.79 Å². The van der Waals surface area contributed by atoms with Gasteiger partial charge in [0.2, 0.25) is 5.43 Å². The maximum atomic E-state index is 11.6. The molecule has 1 heterocycles. The summed E-state index contributed by atoms with van der Waals surface area (Å²) in [6, 6.07) is 7.25. The molecule has 0 saturated carbocycles. The maximum absolute atomic E-state index is 11.6. The van der Waals surface area contributed by atoms with Gasteiger partial charge in [0.05, 0.1) is 4.47 Å². The van der Waals surface area contributed by atoms with Gasteiger partial charge in [-0.05, 0) is 35.0 Å². The first-order valence-corrected chi connectivity index (χ1v) is 4.67. The number of furan rings is 1. The van der Waals surface area contributed by atoms with Crippen LogP contribution in [-0.2, 0) is 0 Å². The van der Waals surface area contributed by atoms with Gasteiger partial charge in [0.15, 0.2) is 5.58 Å². The highest BCUT2D eigenvalue weighted by Gasteiger charge is 2.04. The monoisotopic (exact) mass is 238 g/mol. The van der Waals surface area contributed by atoms with Crippen molar-refractivity contribution in [2.45, 2.75) is 6.92 Å². The normalized spacial score (nSPS) is 10.6. The zero-order valence-electron chi connectivity index (χ0n) is 7.00. The van der Waals surface area contributed by atoms with Gasteiger partial charge in [0.1, 0.15) is 5.76 Å². The molecule has 13 heavy (non-hydrogen) atoms. The van der Waals surface area contributed by atoms with Crippen LogP contribution in [0.3, 0.4) is 0 Å². The molecule has 66 valence electrons. The minimum absolute atomic E-state index is 0.104. The van der Waals surface area contributed by atoms with E-state index < -0.39 is 0 Å². The van der Waals surface area contributed by atoms with Crippen LogP contribution in [-0.4, -0.2) is 0 Å². The number of rotatable bonds is 0. The molecule has 0 spiro atoms. The van der Waals surface area contributed by atoms with Gasteiger partial charge < -0.3 is 4.42 Å². The van der Waals surface area contributed by atoms with Gasteiger partial charge in [-0.1, -0.05) is 12.1 Å². The first-order chi connectivity index (χ1) is 6.18. The van der Waals surface area contributed by atoms with Crippen molar-refractivity contribution in [3.63, 3.8) is 0 Å². The quantitative estimate of drug-likeness (QED) is 0.707. The van der Waals surface area contributed by atoms with Gasteiger partial charge >= 0.3 is 0 Å². The lowest BCUT2D eigenvalue weighted by Gasteiger charge is -1.79. The largest absolute Gasteiger partial charge is 0.457 e. The minimum atomic E-state index is -0.104. The molecule has 1 aromatic carbocycles. The van der Waals surface area contributed by atoms with E-state index in [1.807, 2.05) is 25.1 Å². The predicted octanol–water partition coefficient (Wildman–Crippen LogP) is 2.86. The summed E-state index contributed by atoms with van der Waals surface area (Å²) in [6.45, 7) is 1.83. The Labute approximate surface area is 83.3 Å². The Morgan fingerprint density at radius 3 is 2.92 bits per heavy atom. The molecule has 2 nitrogen and oxygen atoms in total. The Balaban J connectivity index is 3.04. The Bertz CT molecular complexity index is 514. The number of hydrogen-bond donors (Lipinski definition) is 0. The van der Waals surface area contributed by atoms with Crippen LogP contribution in [0, 0.1) is 6.92 Å². The van der Waals surface area contributed by atoms with Crippen LogP contribution in [0.1, 0.15) is 5.76 Å². The molecule has 0 saturated heterocycles. The van der Waals surface area contributed by atoms with Gasteiger partial charge in [-0.25, -0.2) is 0 Å². The molecule has 2 rings (SSSR count). The fourth-order valence-corrected chi connectivity index (χ4v) is 1.59. The summed E-state index contributed by atoms with van der Waals surface area (Å²) in [6.07, 6.45) is 0. The van der Waals surface area contributed by atoms with Crippen molar-refractivity contribution in [3.8, 4) is 0 Å². The highest BCUT2D eigenvalue weighted by molar-refractivity contribution is 9.10. The molecule has 0 aliphatic heterocycles. The predicted molar refractivity (Wildman–Crippen MR) is 54.9 cm³/mol. The standard InChI is InChI=1S/C10H7BrO2/c1-6-5-7-3-2-4-8(11)9(12)10(7)13-6/h2-5H,1H3. The molecule has 0 aliphatic carbocycles. The molecule has 1 aromatic heterocycles. The lowest BCUT2D eigenvalue weighted by Crippen LogP contribution is -1.95. The fraction of sp³-hybridized carbons (Fsp3) is 0.100. The van der Waals surface area contributed by atoms with Crippen LogP contribution in [0.15, 0.2) is 37.9 Å². The smallest absolute Gasteiger partial charge is 0.235 e. The van der Waals surface area contributed by atoms with E-state index in [-0.39, 0.29) is 5.43 Å². The molecule has 2 aromatic rings. The SMILES string of the molecule is Cc1cc2cccc(Br)c(=O)c2o1. The molecule has 0 N–H and O–H groups in total. The van der Waals surface area contributed by atoms with E-state index >= 15 is 0 Å². The molecule has 0 aliphatic rings. The Kier molecular flexibility index (Phi) is 1.96. The molecule has 0 fully saturated rings. The van der Waals surface area contributed by atoms with Crippen molar-refractivity contribution < 1.29 is 4.42 Å². The van der Waals surface area contributed by atoms with Gasteiger partial charge in [-0.2, -0.15) is 0 Å². The minimum Gasteiger partial charge on any atom is -0.457 e. The Morgan fingerprint density at radius 2 is 2.15 bits per heavy atom. The van der Waals surface area contributed by atoms with E-state index in [1.54, 1.807) is 6.07 Å². The summed E-state index contributed by atoms with van der Waals surface area (Å²) in [7, 11) is 0. The van der Waals surface area contributed by atoms with E-state index in [2.05, 4.69) is 15.9 Å². The third-order valence-corrected chi connectivity index (χ3v) is 2.45. The summed E-state index contributed by atoms with van der Waals surface area (Å²) in [5.74, 6) is 0.755. The van der Waals surface area contributed by atoms with Crippen LogP contribution < -0.4 is 5.43 Å². The maximum Gasteiger partial charge on any atom is 0.235 e. The first-order valence-electron chi connectivity index (χ1n) is 3.87. The Hall–Kier alpha value is -1.09. The van der Waals surface area contributed by atoms with Crippen molar-refractivity contribution in [1.29, 1.82) is 0 Å². The summed E-state index contributed by atoms with van der Waals surface area (Å²) in [4.78, 5) is 11.6. The molecular formula is C10H7BrO2. The highest BCUT2D eigenvalue weighted by atomic mass is 79.9. The van der Waals surface area contributed by atoms with Gasteiger partial charge in [0, 0.05) is 5.39 Å². The number of halogens is 1. The number of hydrogen-bond acceptors (Lipinski definition) is 2. The first kappa shape index (κ1) is 8.51. The second-order valence-electron chi connectivity index (χ2n) is 2.84. The van der Waals surface area contributed by atoms with E-state index in [0.717, 1.165) is 11.1 Å². The van der Waals surface area contributed by atoms with Gasteiger partial charge in [0.25, 0.3) is 0 Å². The molecule has 0 unspecified atom stereocenters.